The van der Waals surface area contributed by atoms with Gasteiger partial charge in [0.05, 0.1) is 11.6 Å². The molecular weight excluding hydrogens is 443 g/mol. The van der Waals surface area contributed by atoms with E-state index in [9.17, 15) is 9.59 Å². The van der Waals surface area contributed by atoms with Crippen molar-refractivity contribution in [1.82, 2.24) is 9.88 Å². The fraction of sp³-hybridized carbons (Fsp3) is 0.364. The van der Waals surface area contributed by atoms with Gasteiger partial charge in [-0.1, -0.05) is 23.2 Å². The monoisotopic (exact) mass is 462 g/mol. The van der Waals surface area contributed by atoms with Gasteiger partial charge in [0.1, 0.15) is 12.4 Å². The molecule has 2 atom stereocenters. The molecule has 1 aromatic heterocycles. The average molecular weight is 463 g/mol. The third-order valence-electron chi connectivity index (χ3n) is 5.95. The minimum absolute atomic E-state index is 0.0740. The molecule has 0 spiro atoms. The number of H-pyrrole nitrogens is 1. The summed E-state index contributed by atoms with van der Waals surface area (Å²) < 4.78 is 16.7. The molecule has 9 heteroatoms. The van der Waals surface area contributed by atoms with Crippen molar-refractivity contribution in [1.29, 1.82) is 0 Å². The van der Waals surface area contributed by atoms with Crippen LogP contribution >= 0.6 is 23.2 Å². The summed E-state index contributed by atoms with van der Waals surface area (Å²) >= 11 is 12.0. The van der Waals surface area contributed by atoms with Gasteiger partial charge in [0.25, 0.3) is 0 Å². The molecule has 0 radical (unpaired) electrons. The standard InChI is InChI=1S/C22H20Cl2N2O5/c23-15-3-12(4-16(24)7-15)11-29-22(28)26-9-13-5-18(6-14(13)10-26)30-17-1-2-19-20(8-17)31-21(27)25-19/h1-4,7-8,13-14,18H,5-6,9-11H2,(H,25,27). The number of rotatable bonds is 4. The van der Waals surface area contributed by atoms with E-state index < -0.39 is 5.76 Å². The smallest absolute Gasteiger partial charge is 0.417 e. The number of benzene rings is 2. The Kier molecular flexibility index (Phi) is 5.32. The molecular formula is C22H20Cl2N2O5. The van der Waals surface area contributed by atoms with E-state index in [0.717, 1.165) is 18.4 Å². The normalized spacial score (nSPS) is 22.6. The van der Waals surface area contributed by atoms with Crippen LogP contribution in [0.3, 0.4) is 0 Å². The number of fused-ring (bicyclic) bond motifs is 2. The van der Waals surface area contributed by atoms with Crippen molar-refractivity contribution < 1.29 is 18.7 Å². The highest BCUT2D eigenvalue weighted by Gasteiger charge is 2.43. The summed E-state index contributed by atoms with van der Waals surface area (Å²) in [6.07, 6.45) is 1.49. The highest BCUT2D eigenvalue weighted by molar-refractivity contribution is 6.34. The van der Waals surface area contributed by atoms with E-state index in [0.29, 0.717) is 51.8 Å². The van der Waals surface area contributed by atoms with E-state index >= 15 is 0 Å². The molecule has 2 heterocycles. The quantitative estimate of drug-likeness (QED) is 0.598. The molecule has 3 aromatic rings. The Balaban J connectivity index is 1.14. The number of likely N-dealkylation sites (tertiary alicyclic amines) is 1. The number of nitrogens with zero attached hydrogens (tertiary/aromatic N) is 1. The van der Waals surface area contributed by atoms with Gasteiger partial charge in [0.2, 0.25) is 0 Å². The fourth-order valence-electron chi connectivity index (χ4n) is 4.61. The van der Waals surface area contributed by atoms with Crippen LogP contribution in [0.2, 0.25) is 10.0 Å². The molecule has 1 N–H and O–H groups in total. The van der Waals surface area contributed by atoms with Gasteiger partial charge in [-0.3, -0.25) is 4.98 Å². The van der Waals surface area contributed by atoms with Crippen LogP contribution in [0.25, 0.3) is 11.1 Å². The first-order valence-corrected chi connectivity index (χ1v) is 10.8. The topological polar surface area (TPSA) is 84.8 Å². The van der Waals surface area contributed by atoms with Gasteiger partial charge in [0, 0.05) is 29.2 Å². The summed E-state index contributed by atoms with van der Waals surface area (Å²) in [6, 6.07) is 10.4. The van der Waals surface area contributed by atoms with Crippen molar-refractivity contribution in [3.05, 3.63) is 62.6 Å². The van der Waals surface area contributed by atoms with Crippen LogP contribution in [-0.2, 0) is 11.3 Å². The summed E-state index contributed by atoms with van der Waals surface area (Å²) in [5, 5.41) is 1.02. The molecule has 7 nitrogen and oxygen atoms in total. The summed E-state index contributed by atoms with van der Waals surface area (Å²) in [4.78, 5) is 28.2. The first-order valence-electron chi connectivity index (χ1n) is 10.1. The number of ether oxygens (including phenoxy) is 2. The molecule has 2 aliphatic rings. The summed E-state index contributed by atoms with van der Waals surface area (Å²) in [5.74, 6) is 0.962. The van der Waals surface area contributed by atoms with Crippen LogP contribution in [0.4, 0.5) is 4.79 Å². The van der Waals surface area contributed by atoms with Crippen LogP contribution in [-0.4, -0.2) is 35.2 Å². The molecule has 2 unspecified atom stereocenters. The molecule has 1 aliphatic heterocycles. The predicted octanol–water partition coefficient (Wildman–Crippen LogP) is 4.85. The maximum atomic E-state index is 12.5. The van der Waals surface area contributed by atoms with Gasteiger partial charge in [-0.05, 0) is 60.6 Å². The lowest BCUT2D eigenvalue weighted by molar-refractivity contribution is 0.0986. The van der Waals surface area contributed by atoms with E-state index in [1.165, 1.54) is 0 Å². The highest BCUT2D eigenvalue weighted by Crippen LogP contribution is 2.40. The number of hydrogen-bond donors (Lipinski definition) is 1. The lowest BCUT2D eigenvalue weighted by Crippen LogP contribution is -2.31. The van der Waals surface area contributed by atoms with Crippen molar-refractivity contribution in [2.75, 3.05) is 13.1 Å². The zero-order chi connectivity index (χ0) is 21.5. The second-order valence-corrected chi connectivity index (χ2v) is 9.01. The Morgan fingerprint density at radius 2 is 1.81 bits per heavy atom. The predicted molar refractivity (Wildman–Crippen MR) is 116 cm³/mol. The minimum atomic E-state index is -0.479. The zero-order valence-corrected chi connectivity index (χ0v) is 18.0. The van der Waals surface area contributed by atoms with Crippen LogP contribution in [0.1, 0.15) is 18.4 Å². The maximum absolute atomic E-state index is 12.5. The van der Waals surface area contributed by atoms with Crippen LogP contribution in [0.5, 0.6) is 5.75 Å². The number of oxazole rings is 1. The van der Waals surface area contributed by atoms with Crippen LogP contribution < -0.4 is 10.5 Å². The van der Waals surface area contributed by atoms with Crippen molar-refractivity contribution in [3.63, 3.8) is 0 Å². The third kappa shape index (κ3) is 4.38. The first kappa shape index (κ1) is 20.3. The van der Waals surface area contributed by atoms with Gasteiger partial charge >= 0.3 is 11.8 Å². The van der Waals surface area contributed by atoms with Gasteiger partial charge in [0.15, 0.2) is 5.58 Å². The average Bonchev–Trinajstić information content (AvgIpc) is 3.37. The zero-order valence-electron chi connectivity index (χ0n) is 16.5. The van der Waals surface area contributed by atoms with Crippen molar-refractivity contribution >= 4 is 40.4 Å². The number of aromatic amines is 1. The van der Waals surface area contributed by atoms with E-state index in [2.05, 4.69) is 4.98 Å². The molecule has 31 heavy (non-hydrogen) atoms. The van der Waals surface area contributed by atoms with Crippen LogP contribution in [0, 0.1) is 11.8 Å². The lowest BCUT2D eigenvalue weighted by atomic mass is 10.0. The number of hydrogen-bond acceptors (Lipinski definition) is 5. The molecule has 2 aromatic carbocycles. The van der Waals surface area contributed by atoms with Gasteiger partial charge < -0.3 is 18.8 Å². The van der Waals surface area contributed by atoms with Crippen LogP contribution in [0.15, 0.2) is 45.6 Å². The Hall–Kier alpha value is -2.64. The summed E-state index contributed by atoms with van der Waals surface area (Å²) in [7, 11) is 0. The van der Waals surface area contributed by atoms with Crippen molar-refractivity contribution in [3.8, 4) is 5.75 Å². The Labute approximate surface area is 187 Å². The summed E-state index contributed by atoms with van der Waals surface area (Å²) in [5.41, 5.74) is 1.89. The summed E-state index contributed by atoms with van der Waals surface area (Å²) in [6.45, 7) is 1.45. The second-order valence-electron chi connectivity index (χ2n) is 8.14. The Morgan fingerprint density at radius 1 is 1.10 bits per heavy atom. The highest BCUT2D eigenvalue weighted by atomic mass is 35.5. The number of amides is 1. The number of carbonyl (C=O) groups excluding carboxylic acids is 1. The Morgan fingerprint density at radius 3 is 2.52 bits per heavy atom. The number of carbonyl (C=O) groups is 1. The maximum Gasteiger partial charge on any atom is 0.417 e. The lowest BCUT2D eigenvalue weighted by Gasteiger charge is -2.20. The van der Waals surface area contributed by atoms with Gasteiger partial charge in [-0.25, -0.2) is 9.59 Å². The molecule has 2 fully saturated rings. The fourth-order valence-corrected chi connectivity index (χ4v) is 5.18. The molecule has 162 valence electrons. The van der Waals surface area contributed by atoms with Crippen molar-refractivity contribution in [2.45, 2.75) is 25.6 Å². The first-order chi connectivity index (χ1) is 14.9. The third-order valence-corrected chi connectivity index (χ3v) is 6.38. The second kappa shape index (κ2) is 8.13. The van der Waals surface area contributed by atoms with Gasteiger partial charge in [-0.2, -0.15) is 0 Å². The van der Waals surface area contributed by atoms with Crippen molar-refractivity contribution in [2.24, 2.45) is 11.8 Å². The largest absolute Gasteiger partial charge is 0.490 e. The number of halogens is 2. The Bertz CT molecular complexity index is 1160. The molecule has 1 aliphatic carbocycles. The van der Waals surface area contributed by atoms with E-state index in [1.807, 2.05) is 6.07 Å². The SMILES string of the molecule is O=C(OCc1cc(Cl)cc(Cl)c1)N1CC2CC(Oc3ccc4[nH]c(=O)oc4c3)CC2C1. The molecule has 0 bridgehead atoms. The molecule has 1 amide bonds. The molecule has 5 rings (SSSR count). The van der Waals surface area contributed by atoms with E-state index in [4.69, 9.17) is 37.1 Å². The number of nitrogens with one attached hydrogen (secondary N) is 1. The molecule has 1 saturated heterocycles. The number of aromatic nitrogens is 1. The van der Waals surface area contributed by atoms with Gasteiger partial charge in [-0.15, -0.1) is 0 Å². The van der Waals surface area contributed by atoms with E-state index in [1.54, 1.807) is 35.2 Å². The molecule has 1 saturated carbocycles. The minimum Gasteiger partial charge on any atom is -0.490 e. The van der Waals surface area contributed by atoms with E-state index in [-0.39, 0.29) is 18.8 Å².